The lowest BCUT2D eigenvalue weighted by Gasteiger charge is -2.41. The fraction of sp³-hybridized carbons (Fsp3) is 0.684. The third-order valence-corrected chi connectivity index (χ3v) is 6.95. The highest BCUT2D eigenvalue weighted by molar-refractivity contribution is 5.50. The lowest BCUT2D eigenvalue weighted by atomic mass is 9.68. The molecule has 5 unspecified atom stereocenters. The van der Waals surface area contributed by atoms with Gasteiger partial charge in [-0.25, -0.2) is 0 Å². The summed E-state index contributed by atoms with van der Waals surface area (Å²) in [6.07, 6.45) is 6.78. The maximum Gasteiger partial charge on any atom is 0.127 e. The Kier molecular flexibility index (Phi) is 2.91. The van der Waals surface area contributed by atoms with E-state index in [2.05, 4.69) is 26.0 Å². The minimum atomic E-state index is -0.153. The number of hydrogen-bond acceptors (Lipinski definition) is 2. The number of hydrogen-bond donors (Lipinski definition) is 1. The fourth-order valence-electron chi connectivity index (χ4n) is 5.92. The Labute approximate surface area is 128 Å². The maximum absolute atomic E-state index is 7.04. The number of aryl methyl sites for hydroxylation is 1. The predicted octanol–water partition coefficient (Wildman–Crippen LogP) is 3.92. The van der Waals surface area contributed by atoms with Gasteiger partial charge in [0.1, 0.15) is 5.75 Å². The highest BCUT2D eigenvalue weighted by Crippen LogP contribution is 2.65. The molecule has 2 heteroatoms. The van der Waals surface area contributed by atoms with Crippen LogP contribution in [0.1, 0.15) is 48.8 Å². The first-order chi connectivity index (χ1) is 10.1. The van der Waals surface area contributed by atoms with E-state index in [4.69, 9.17) is 10.5 Å². The van der Waals surface area contributed by atoms with Gasteiger partial charge in [0.25, 0.3) is 0 Å². The van der Waals surface area contributed by atoms with Crippen LogP contribution in [0.2, 0.25) is 0 Å². The van der Waals surface area contributed by atoms with Gasteiger partial charge in [0.2, 0.25) is 0 Å². The highest BCUT2D eigenvalue weighted by Gasteiger charge is 2.60. The summed E-state index contributed by atoms with van der Waals surface area (Å²) in [5.74, 6) is 4.42. The van der Waals surface area contributed by atoms with E-state index in [9.17, 15) is 0 Å². The van der Waals surface area contributed by atoms with Gasteiger partial charge >= 0.3 is 0 Å². The minimum absolute atomic E-state index is 0.153. The van der Waals surface area contributed by atoms with Crippen LogP contribution in [0.25, 0.3) is 0 Å². The summed E-state index contributed by atoms with van der Waals surface area (Å²) in [7, 11) is 1.79. The van der Waals surface area contributed by atoms with Crippen LogP contribution in [0.4, 0.5) is 0 Å². The Morgan fingerprint density at radius 2 is 1.95 bits per heavy atom. The molecule has 1 aromatic carbocycles. The number of ether oxygens (including phenoxy) is 1. The predicted molar refractivity (Wildman–Crippen MR) is 85.4 cm³/mol. The Balaban J connectivity index is 1.79. The second-order valence-electron chi connectivity index (χ2n) is 7.69. The van der Waals surface area contributed by atoms with Gasteiger partial charge in [-0.15, -0.1) is 0 Å². The topological polar surface area (TPSA) is 35.2 Å². The molecule has 21 heavy (non-hydrogen) atoms. The van der Waals surface area contributed by atoms with Crippen molar-refractivity contribution in [3.8, 4) is 5.75 Å². The van der Waals surface area contributed by atoms with E-state index in [1.807, 2.05) is 0 Å². The molecule has 3 fully saturated rings. The molecular formula is C19H27NO. The minimum Gasteiger partial charge on any atom is -0.496 e. The van der Waals surface area contributed by atoms with E-state index in [-0.39, 0.29) is 5.54 Å². The molecule has 0 aliphatic heterocycles. The van der Waals surface area contributed by atoms with Crippen LogP contribution in [-0.2, 0) is 5.54 Å². The summed E-state index contributed by atoms with van der Waals surface area (Å²) >= 11 is 0. The van der Waals surface area contributed by atoms with Gasteiger partial charge in [-0.1, -0.05) is 18.6 Å². The normalized spacial score (nSPS) is 40.6. The number of fused-ring (bicyclic) bond motifs is 5. The van der Waals surface area contributed by atoms with E-state index >= 15 is 0 Å². The van der Waals surface area contributed by atoms with Crippen LogP contribution in [-0.4, -0.2) is 7.11 Å². The molecule has 3 saturated carbocycles. The van der Waals surface area contributed by atoms with Gasteiger partial charge in [-0.05, 0) is 74.3 Å². The standard InChI is InChI=1S/C19H27NO/c1-11-7-8-16(18(21-3)12(11)2)19(20)10-13-9-17(19)15-6-4-5-14(13)15/h7-8,13-15,17H,4-6,9-10,20H2,1-3H3. The summed E-state index contributed by atoms with van der Waals surface area (Å²) < 4.78 is 5.77. The molecule has 3 aliphatic carbocycles. The van der Waals surface area contributed by atoms with Gasteiger partial charge in [0.05, 0.1) is 7.11 Å². The average molecular weight is 285 g/mol. The van der Waals surface area contributed by atoms with Crippen LogP contribution in [0.3, 0.4) is 0 Å². The number of nitrogens with two attached hydrogens (primary N) is 1. The van der Waals surface area contributed by atoms with Crippen LogP contribution < -0.4 is 10.5 Å². The first-order valence-corrected chi connectivity index (χ1v) is 8.50. The summed E-state index contributed by atoms with van der Waals surface area (Å²) in [5.41, 5.74) is 10.7. The molecule has 114 valence electrons. The first kappa shape index (κ1) is 13.6. The molecule has 1 aromatic rings. The summed E-state index contributed by atoms with van der Waals surface area (Å²) in [6, 6.07) is 4.46. The van der Waals surface area contributed by atoms with Crippen molar-refractivity contribution in [2.24, 2.45) is 29.4 Å². The first-order valence-electron chi connectivity index (χ1n) is 8.50. The van der Waals surface area contributed by atoms with E-state index in [1.54, 1.807) is 7.11 Å². The Hall–Kier alpha value is -1.02. The maximum atomic E-state index is 7.04. The molecule has 0 aromatic heterocycles. The zero-order chi connectivity index (χ0) is 14.8. The molecule has 2 N–H and O–H groups in total. The Bertz CT molecular complexity index is 581. The van der Waals surface area contributed by atoms with Crippen molar-refractivity contribution in [2.45, 2.75) is 51.5 Å². The zero-order valence-corrected chi connectivity index (χ0v) is 13.5. The van der Waals surface area contributed by atoms with Crippen LogP contribution >= 0.6 is 0 Å². The third kappa shape index (κ3) is 1.69. The molecule has 0 radical (unpaired) electrons. The second kappa shape index (κ2) is 4.49. The van der Waals surface area contributed by atoms with E-state index in [0.717, 1.165) is 29.9 Å². The highest BCUT2D eigenvalue weighted by atomic mass is 16.5. The van der Waals surface area contributed by atoms with Gasteiger partial charge < -0.3 is 10.5 Å². The number of benzene rings is 1. The summed E-state index contributed by atoms with van der Waals surface area (Å²) in [5, 5.41) is 0. The molecule has 0 heterocycles. The van der Waals surface area contributed by atoms with Gasteiger partial charge in [-0.2, -0.15) is 0 Å². The van der Waals surface area contributed by atoms with E-state index < -0.39 is 0 Å². The number of rotatable bonds is 2. The molecule has 3 aliphatic rings. The average Bonchev–Trinajstić information content (AvgIpc) is 3.12. The Morgan fingerprint density at radius 1 is 1.19 bits per heavy atom. The van der Waals surface area contributed by atoms with Crippen LogP contribution in [0, 0.1) is 37.5 Å². The van der Waals surface area contributed by atoms with Crippen molar-refractivity contribution in [1.82, 2.24) is 0 Å². The van der Waals surface area contributed by atoms with E-state index in [1.165, 1.54) is 42.4 Å². The number of methoxy groups -OCH3 is 1. The van der Waals surface area contributed by atoms with Crippen LogP contribution in [0.15, 0.2) is 12.1 Å². The smallest absolute Gasteiger partial charge is 0.127 e. The molecule has 2 nitrogen and oxygen atoms in total. The largest absolute Gasteiger partial charge is 0.496 e. The SMILES string of the molecule is COc1c(C2(N)CC3CC2C2CCCC32)ccc(C)c1C. The molecule has 0 amide bonds. The molecule has 4 rings (SSSR count). The van der Waals surface area contributed by atoms with Gasteiger partial charge in [0.15, 0.2) is 0 Å². The van der Waals surface area contributed by atoms with Crippen molar-refractivity contribution in [3.63, 3.8) is 0 Å². The molecule has 2 bridgehead atoms. The monoisotopic (exact) mass is 285 g/mol. The van der Waals surface area contributed by atoms with Gasteiger partial charge in [0, 0.05) is 11.1 Å². The van der Waals surface area contributed by atoms with Gasteiger partial charge in [-0.3, -0.25) is 0 Å². The molecule has 0 spiro atoms. The quantitative estimate of drug-likeness (QED) is 0.893. The summed E-state index contributed by atoms with van der Waals surface area (Å²) in [6.45, 7) is 4.31. The Morgan fingerprint density at radius 3 is 2.71 bits per heavy atom. The lowest BCUT2D eigenvalue weighted by molar-refractivity contribution is 0.153. The van der Waals surface area contributed by atoms with Crippen molar-refractivity contribution < 1.29 is 4.74 Å². The third-order valence-electron chi connectivity index (χ3n) is 6.95. The zero-order valence-electron chi connectivity index (χ0n) is 13.5. The lowest BCUT2D eigenvalue weighted by Crippen LogP contribution is -2.46. The van der Waals surface area contributed by atoms with E-state index in [0.29, 0.717) is 5.92 Å². The van der Waals surface area contributed by atoms with Crippen molar-refractivity contribution in [2.75, 3.05) is 7.11 Å². The van der Waals surface area contributed by atoms with Crippen molar-refractivity contribution >= 4 is 0 Å². The molecular weight excluding hydrogens is 258 g/mol. The second-order valence-corrected chi connectivity index (χ2v) is 7.69. The van der Waals surface area contributed by atoms with Crippen molar-refractivity contribution in [3.05, 3.63) is 28.8 Å². The molecule has 5 atom stereocenters. The van der Waals surface area contributed by atoms with Crippen LogP contribution in [0.5, 0.6) is 5.75 Å². The summed E-state index contributed by atoms with van der Waals surface area (Å²) in [4.78, 5) is 0. The fourth-order valence-corrected chi connectivity index (χ4v) is 5.92. The molecule has 0 saturated heterocycles. The van der Waals surface area contributed by atoms with Crippen molar-refractivity contribution in [1.29, 1.82) is 0 Å².